The number of benzene rings is 1. The number of amides is 1. The first-order valence-corrected chi connectivity index (χ1v) is 10.1. The molecule has 0 unspecified atom stereocenters. The van der Waals surface area contributed by atoms with Crippen LogP contribution in [0.15, 0.2) is 58.5 Å². The van der Waals surface area contributed by atoms with E-state index in [1.54, 1.807) is 17.4 Å². The van der Waals surface area contributed by atoms with E-state index in [4.69, 9.17) is 4.74 Å². The molecule has 0 fully saturated rings. The van der Waals surface area contributed by atoms with Crippen molar-refractivity contribution in [2.24, 2.45) is 4.99 Å². The van der Waals surface area contributed by atoms with Crippen LogP contribution in [0.4, 0.5) is 11.4 Å². The fourth-order valence-electron chi connectivity index (χ4n) is 2.37. The Hall–Kier alpha value is -2.58. The molecule has 0 radical (unpaired) electrons. The number of methoxy groups -OCH3 is 1. The zero-order valence-electron chi connectivity index (χ0n) is 14.7. The molecule has 0 aliphatic carbocycles. The van der Waals surface area contributed by atoms with Gasteiger partial charge in [0.1, 0.15) is 0 Å². The lowest BCUT2D eigenvalue weighted by Crippen LogP contribution is -2.24. The number of carbonyl (C=O) groups excluding carboxylic acids is 2. The van der Waals surface area contributed by atoms with Crippen LogP contribution < -0.4 is 10.6 Å². The van der Waals surface area contributed by atoms with Crippen molar-refractivity contribution in [1.29, 1.82) is 0 Å². The molecule has 0 bridgehead atoms. The number of anilines is 1. The highest BCUT2D eigenvalue weighted by atomic mass is 32.2. The van der Waals surface area contributed by atoms with E-state index in [9.17, 15) is 9.59 Å². The van der Waals surface area contributed by atoms with E-state index in [0.29, 0.717) is 17.3 Å². The van der Waals surface area contributed by atoms with Gasteiger partial charge in [0.05, 0.1) is 42.2 Å². The van der Waals surface area contributed by atoms with Gasteiger partial charge < -0.3 is 15.4 Å². The summed E-state index contributed by atoms with van der Waals surface area (Å²) >= 11 is 2.94. The van der Waals surface area contributed by atoms with Gasteiger partial charge in [-0.25, -0.2) is 4.99 Å². The van der Waals surface area contributed by atoms with Gasteiger partial charge in [0.25, 0.3) is 0 Å². The Morgan fingerprint density at radius 2 is 2.11 bits per heavy atom. The second-order valence-corrected chi connectivity index (χ2v) is 7.69. The summed E-state index contributed by atoms with van der Waals surface area (Å²) in [6.45, 7) is 0.525. The summed E-state index contributed by atoms with van der Waals surface area (Å²) < 4.78 is 4.75. The van der Waals surface area contributed by atoms with Gasteiger partial charge in [0, 0.05) is 10.6 Å². The molecule has 0 saturated heterocycles. The molecule has 1 aromatic carbocycles. The predicted molar refractivity (Wildman–Crippen MR) is 110 cm³/mol. The number of para-hydroxylation sites is 2. The number of esters is 1. The number of thiophene rings is 1. The lowest BCUT2D eigenvalue weighted by Gasteiger charge is -2.09. The summed E-state index contributed by atoms with van der Waals surface area (Å²) in [5, 5.41) is 8.76. The first kappa shape index (κ1) is 19.2. The molecular formula is C19H19N3O3S2. The van der Waals surface area contributed by atoms with E-state index in [-0.39, 0.29) is 24.1 Å². The summed E-state index contributed by atoms with van der Waals surface area (Å²) in [6.07, 6.45) is 1.89. The normalized spacial score (nSPS) is 12.8. The number of thioether (sulfide) groups is 1. The van der Waals surface area contributed by atoms with Crippen LogP contribution >= 0.6 is 23.1 Å². The van der Waals surface area contributed by atoms with E-state index < -0.39 is 0 Å². The monoisotopic (exact) mass is 401 g/mol. The van der Waals surface area contributed by atoms with Crippen molar-refractivity contribution >= 4 is 51.4 Å². The predicted octanol–water partition coefficient (Wildman–Crippen LogP) is 3.70. The summed E-state index contributed by atoms with van der Waals surface area (Å²) in [5.74, 6) is -0.162. The molecule has 6 nitrogen and oxygen atoms in total. The van der Waals surface area contributed by atoms with E-state index in [1.165, 1.54) is 18.9 Å². The minimum Gasteiger partial charge on any atom is -0.469 e. The van der Waals surface area contributed by atoms with Crippen LogP contribution in [0.25, 0.3) is 0 Å². The highest BCUT2D eigenvalue weighted by Crippen LogP contribution is 2.30. The third kappa shape index (κ3) is 5.70. The number of fused-ring (bicyclic) bond motifs is 1. The van der Waals surface area contributed by atoms with Gasteiger partial charge in [-0.15, -0.1) is 11.3 Å². The van der Waals surface area contributed by atoms with Gasteiger partial charge in [0.2, 0.25) is 5.91 Å². The van der Waals surface area contributed by atoms with E-state index >= 15 is 0 Å². The largest absolute Gasteiger partial charge is 0.469 e. The first-order valence-electron chi connectivity index (χ1n) is 8.28. The number of nitrogens with one attached hydrogen (secondary N) is 2. The van der Waals surface area contributed by atoms with E-state index in [0.717, 1.165) is 16.3 Å². The van der Waals surface area contributed by atoms with E-state index in [1.807, 2.05) is 41.8 Å². The molecule has 2 N–H and O–H groups in total. The van der Waals surface area contributed by atoms with Gasteiger partial charge in [-0.3, -0.25) is 9.59 Å². The van der Waals surface area contributed by atoms with Crippen LogP contribution in [-0.4, -0.2) is 29.8 Å². The second-order valence-electron chi connectivity index (χ2n) is 5.66. The lowest BCUT2D eigenvalue weighted by molar-refractivity contribution is -0.139. The summed E-state index contributed by atoms with van der Waals surface area (Å²) in [6, 6.07) is 11.5. The number of carbonyl (C=O) groups is 2. The molecule has 1 amide bonds. The third-order valence-corrected chi connectivity index (χ3v) is 5.47. The molecule has 0 spiro atoms. The molecule has 27 heavy (non-hydrogen) atoms. The van der Waals surface area contributed by atoms with Crippen molar-refractivity contribution < 1.29 is 14.3 Å². The molecule has 1 aliphatic heterocycles. The number of hydrogen-bond donors (Lipinski definition) is 2. The van der Waals surface area contributed by atoms with Gasteiger partial charge in [-0.2, -0.15) is 0 Å². The maximum Gasteiger partial charge on any atom is 0.311 e. The first-order chi connectivity index (χ1) is 13.1. The lowest BCUT2D eigenvalue weighted by atomic mass is 10.2. The van der Waals surface area contributed by atoms with Crippen LogP contribution in [0.3, 0.4) is 0 Å². The average Bonchev–Trinajstić information content (AvgIpc) is 3.12. The fourth-order valence-corrected chi connectivity index (χ4v) is 3.79. The third-order valence-electron chi connectivity index (χ3n) is 3.68. The quantitative estimate of drug-likeness (QED) is 0.722. The number of ether oxygens (including phenoxy) is 1. The van der Waals surface area contributed by atoms with Crippen molar-refractivity contribution in [3.05, 3.63) is 58.4 Å². The Morgan fingerprint density at radius 3 is 2.89 bits per heavy atom. The van der Waals surface area contributed by atoms with Crippen molar-refractivity contribution in [2.75, 3.05) is 18.2 Å². The van der Waals surface area contributed by atoms with Gasteiger partial charge >= 0.3 is 5.97 Å². The van der Waals surface area contributed by atoms with Crippen molar-refractivity contribution in [2.45, 2.75) is 13.0 Å². The van der Waals surface area contributed by atoms with Crippen LogP contribution in [-0.2, 0) is 20.9 Å². The molecule has 2 heterocycles. The molecule has 2 aromatic rings. The minimum absolute atomic E-state index is 0.0653. The molecule has 1 aromatic heterocycles. The molecule has 8 heteroatoms. The topological polar surface area (TPSA) is 79.8 Å². The fraction of sp³-hybridized carbons (Fsp3) is 0.211. The highest BCUT2D eigenvalue weighted by molar-refractivity contribution is 8.14. The minimum atomic E-state index is -0.342. The maximum atomic E-state index is 12.1. The summed E-state index contributed by atoms with van der Waals surface area (Å²) in [4.78, 5) is 29.5. The SMILES string of the molecule is COC(=O)CC1=CC(SCC(=O)NCc2cccs2)=Nc2ccccc2N1. The van der Waals surface area contributed by atoms with Crippen molar-refractivity contribution in [3.63, 3.8) is 0 Å². The van der Waals surface area contributed by atoms with Gasteiger partial charge in [0.15, 0.2) is 0 Å². The summed E-state index contributed by atoms with van der Waals surface area (Å²) in [5.41, 5.74) is 2.25. The number of aliphatic imine (C=N–C) groups is 1. The van der Waals surface area contributed by atoms with Crippen LogP contribution in [0.2, 0.25) is 0 Å². The highest BCUT2D eigenvalue weighted by Gasteiger charge is 2.15. The second kappa shape index (κ2) is 9.38. The smallest absolute Gasteiger partial charge is 0.311 e. The molecule has 1 aliphatic rings. The molecule has 0 atom stereocenters. The zero-order chi connectivity index (χ0) is 19.1. The number of hydrogen-bond acceptors (Lipinski definition) is 7. The van der Waals surface area contributed by atoms with Crippen LogP contribution in [0, 0.1) is 0 Å². The van der Waals surface area contributed by atoms with Crippen LogP contribution in [0.1, 0.15) is 11.3 Å². The van der Waals surface area contributed by atoms with Crippen molar-refractivity contribution in [3.8, 4) is 0 Å². The average molecular weight is 402 g/mol. The standard InChI is InChI=1S/C19H19N3O3S2/c1-25-19(24)10-13-9-18(22-16-7-3-2-6-15(16)21-13)27-12-17(23)20-11-14-5-4-8-26-14/h2-9,21H,10-12H2,1H3,(H,20,23). The molecular weight excluding hydrogens is 382 g/mol. The molecule has 140 valence electrons. The Bertz CT molecular complexity index is 876. The molecule has 3 rings (SSSR count). The zero-order valence-corrected chi connectivity index (χ0v) is 16.4. The Kier molecular flexibility index (Phi) is 6.67. The maximum absolute atomic E-state index is 12.1. The van der Waals surface area contributed by atoms with Gasteiger partial charge in [-0.05, 0) is 29.7 Å². The Morgan fingerprint density at radius 1 is 1.26 bits per heavy atom. The molecule has 0 saturated carbocycles. The van der Waals surface area contributed by atoms with E-state index in [2.05, 4.69) is 15.6 Å². The summed E-state index contributed by atoms with van der Waals surface area (Å²) in [7, 11) is 1.36. The van der Waals surface area contributed by atoms with Gasteiger partial charge in [-0.1, -0.05) is 30.0 Å². The van der Waals surface area contributed by atoms with Crippen molar-refractivity contribution in [1.82, 2.24) is 5.32 Å². The Balaban J connectivity index is 1.67. The number of nitrogens with zero attached hydrogens (tertiary/aromatic N) is 1. The Labute approximate surface area is 165 Å². The van der Waals surface area contributed by atoms with Crippen LogP contribution in [0.5, 0.6) is 0 Å². The number of rotatable bonds is 6.